The van der Waals surface area contributed by atoms with Crippen molar-refractivity contribution in [2.45, 2.75) is 26.8 Å². The highest BCUT2D eigenvalue weighted by Crippen LogP contribution is 2.20. The minimum atomic E-state index is -1.30. The van der Waals surface area contributed by atoms with Gasteiger partial charge in [0.15, 0.2) is 0 Å². The Labute approximate surface area is 88.9 Å². The third kappa shape index (κ3) is 3.51. The lowest BCUT2D eigenvalue weighted by molar-refractivity contribution is -0.156. The molecule has 0 amide bonds. The molecule has 0 heterocycles. The van der Waals surface area contributed by atoms with Crippen molar-refractivity contribution in [2.24, 2.45) is 5.41 Å². The highest BCUT2D eigenvalue weighted by atomic mass is 35.5. The van der Waals surface area contributed by atoms with Crippen LogP contribution in [-0.2, 0) is 9.59 Å². The number of carboxylic acid groups (broad SMARTS) is 2. The van der Waals surface area contributed by atoms with Gasteiger partial charge in [0, 0.05) is 0 Å². The summed E-state index contributed by atoms with van der Waals surface area (Å²) < 4.78 is 0. The molecule has 5 nitrogen and oxygen atoms in total. The van der Waals surface area contributed by atoms with Crippen LogP contribution >= 0.6 is 12.4 Å². The van der Waals surface area contributed by atoms with Crippen molar-refractivity contribution >= 4 is 24.3 Å². The molecule has 0 radical (unpaired) electrons. The normalized spacial score (nSPS) is 12.8. The minimum absolute atomic E-state index is 0. The summed E-state index contributed by atoms with van der Waals surface area (Å²) in [6.45, 7) is 4.93. The maximum absolute atomic E-state index is 10.7. The lowest BCUT2D eigenvalue weighted by atomic mass is 9.84. The van der Waals surface area contributed by atoms with E-state index < -0.39 is 23.4 Å². The van der Waals surface area contributed by atoms with Crippen molar-refractivity contribution < 1.29 is 19.8 Å². The van der Waals surface area contributed by atoms with E-state index >= 15 is 0 Å². The van der Waals surface area contributed by atoms with Crippen LogP contribution in [0.3, 0.4) is 0 Å². The van der Waals surface area contributed by atoms with Crippen LogP contribution in [0.1, 0.15) is 20.8 Å². The molecule has 0 rings (SSSR count). The number of carbonyl (C=O) groups is 2. The Bertz CT molecular complexity index is 217. The summed E-state index contributed by atoms with van der Waals surface area (Å²) in [5.41, 5.74) is -1.30. The van der Waals surface area contributed by atoms with E-state index in [0.29, 0.717) is 6.54 Å². The SMILES string of the molecule is CCN[C@H](C(=O)O)C(C)(C)C(=O)O.Cl. The van der Waals surface area contributed by atoms with E-state index in [-0.39, 0.29) is 12.4 Å². The van der Waals surface area contributed by atoms with Gasteiger partial charge in [0.05, 0.1) is 5.41 Å². The van der Waals surface area contributed by atoms with Crippen LogP contribution < -0.4 is 5.32 Å². The molecule has 0 saturated carbocycles. The number of halogens is 1. The van der Waals surface area contributed by atoms with Gasteiger partial charge in [0.1, 0.15) is 6.04 Å². The zero-order chi connectivity index (χ0) is 10.6. The first-order chi connectivity index (χ1) is 5.84. The van der Waals surface area contributed by atoms with Gasteiger partial charge in [-0.15, -0.1) is 12.4 Å². The van der Waals surface area contributed by atoms with Crippen molar-refractivity contribution in [1.29, 1.82) is 0 Å². The lowest BCUT2D eigenvalue weighted by Gasteiger charge is -2.27. The molecule has 1 atom stereocenters. The van der Waals surface area contributed by atoms with E-state index in [4.69, 9.17) is 10.2 Å². The van der Waals surface area contributed by atoms with Crippen molar-refractivity contribution in [2.75, 3.05) is 6.54 Å². The Balaban J connectivity index is 0. The highest BCUT2D eigenvalue weighted by molar-refractivity contribution is 5.85. The molecule has 0 unspecified atom stereocenters. The van der Waals surface area contributed by atoms with Crippen molar-refractivity contribution in [3.05, 3.63) is 0 Å². The topological polar surface area (TPSA) is 86.6 Å². The molecule has 0 saturated heterocycles. The summed E-state index contributed by atoms with van der Waals surface area (Å²) in [5.74, 6) is -2.27. The van der Waals surface area contributed by atoms with Gasteiger partial charge in [0.2, 0.25) is 0 Å². The fourth-order valence-corrected chi connectivity index (χ4v) is 0.979. The molecule has 0 bridgehead atoms. The lowest BCUT2D eigenvalue weighted by Crippen LogP contribution is -2.51. The first-order valence-corrected chi connectivity index (χ1v) is 4.03. The molecule has 6 heteroatoms. The summed E-state index contributed by atoms with van der Waals surface area (Å²) in [4.78, 5) is 21.5. The molecule has 14 heavy (non-hydrogen) atoms. The Morgan fingerprint density at radius 1 is 1.36 bits per heavy atom. The predicted molar refractivity (Wildman–Crippen MR) is 53.8 cm³/mol. The number of aliphatic carboxylic acids is 2. The van der Waals surface area contributed by atoms with E-state index in [1.54, 1.807) is 6.92 Å². The quantitative estimate of drug-likeness (QED) is 0.637. The first kappa shape index (κ1) is 15.7. The van der Waals surface area contributed by atoms with Gasteiger partial charge in [-0.3, -0.25) is 9.59 Å². The summed E-state index contributed by atoms with van der Waals surface area (Å²) in [6, 6.07) is -1.06. The zero-order valence-corrected chi connectivity index (χ0v) is 9.22. The van der Waals surface area contributed by atoms with Crippen LogP contribution in [0.2, 0.25) is 0 Å². The van der Waals surface area contributed by atoms with Gasteiger partial charge in [0.25, 0.3) is 0 Å². The van der Waals surface area contributed by atoms with Crippen molar-refractivity contribution in [1.82, 2.24) is 5.32 Å². The summed E-state index contributed by atoms with van der Waals surface area (Å²) in [5, 5.41) is 20.2. The van der Waals surface area contributed by atoms with E-state index in [1.807, 2.05) is 0 Å². The molecule has 0 fully saturated rings. The maximum Gasteiger partial charge on any atom is 0.321 e. The third-order valence-corrected chi connectivity index (χ3v) is 1.93. The Kier molecular flexibility index (Phi) is 6.51. The molecule has 0 aliphatic rings. The number of carboxylic acids is 2. The van der Waals surface area contributed by atoms with Gasteiger partial charge < -0.3 is 15.5 Å². The van der Waals surface area contributed by atoms with Crippen LogP contribution in [0.5, 0.6) is 0 Å². The zero-order valence-electron chi connectivity index (χ0n) is 8.40. The second kappa shape index (κ2) is 5.82. The number of hydrogen-bond acceptors (Lipinski definition) is 3. The largest absolute Gasteiger partial charge is 0.481 e. The van der Waals surface area contributed by atoms with Crippen LogP contribution in [-0.4, -0.2) is 34.7 Å². The molecular formula is C8H16ClNO4. The molecule has 0 aromatic rings. The van der Waals surface area contributed by atoms with E-state index in [9.17, 15) is 9.59 Å². The number of likely N-dealkylation sites (N-methyl/N-ethyl adjacent to an activating group) is 1. The second-order valence-electron chi connectivity index (χ2n) is 3.36. The van der Waals surface area contributed by atoms with Crippen LogP contribution in [0.25, 0.3) is 0 Å². The van der Waals surface area contributed by atoms with Crippen molar-refractivity contribution in [3.8, 4) is 0 Å². The Morgan fingerprint density at radius 3 is 2.00 bits per heavy atom. The fourth-order valence-electron chi connectivity index (χ4n) is 0.979. The number of rotatable bonds is 5. The van der Waals surface area contributed by atoms with E-state index in [2.05, 4.69) is 5.32 Å². The molecule has 0 aliphatic carbocycles. The number of nitrogens with one attached hydrogen (secondary N) is 1. The molecule has 0 spiro atoms. The summed E-state index contributed by atoms with van der Waals surface area (Å²) >= 11 is 0. The smallest absolute Gasteiger partial charge is 0.321 e. The summed E-state index contributed by atoms with van der Waals surface area (Å²) in [7, 11) is 0. The average molecular weight is 226 g/mol. The highest BCUT2D eigenvalue weighted by Gasteiger charge is 2.41. The first-order valence-electron chi connectivity index (χ1n) is 4.03. The Hall–Kier alpha value is -0.810. The van der Waals surface area contributed by atoms with Gasteiger partial charge in [-0.2, -0.15) is 0 Å². The molecule has 0 aromatic carbocycles. The predicted octanol–water partition coefficient (Wildman–Crippen LogP) is 0.582. The van der Waals surface area contributed by atoms with Gasteiger partial charge in [-0.1, -0.05) is 6.92 Å². The molecule has 84 valence electrons. The van der Waals surface area contributed by atoms with Crippen molar-refractivity contribution in [3.63, 3.8) is 0 Å². The van der Waals surface area contributed by atoms with Gasteiger partial charge in [-0.25, -0.2) is 0 Å². The van der Waals surface area contributed by atoms with E-state index in [0.717, 1.165) is 0 Å². The van der Waals surface area contributed by atoms with Gasteiger partial charge >= 0.3 is 11.9 Å². The minimum Gasteiger partial charge on any atom is -0.481 e. The molecular weight excluding hydrogens is 210 g/mol. The van der Waals surface area contributed by atoms with Crippen LogP contribution in [0.4, 0.5) is 0 Å². The number of hydrogen-bond donors (Lipinski definition) is 3. The fraction of sp³-hybridized carbons (Fsp3) is 0.750. The van der Waals surface area contributed by atoms with Crippen LogP contribution in [0.15, 0.2) is 0 Å². The maximum atomic E-state index is 10.7. The van der Waals surface area contributed by atoms with Gasteiger partial charge in [-0.05, 0) is 20.4 Å². The second-order valence-corrected chi connectivity index (χ2v) is 3.36. The Morgan fingerprint density at radius 2 is 1.79 bits per heavy atom. The van der Waals surface area contributed by atoms with E-state index in [1.165, 1.54) is 13.8 Å². The third-order valence-electron chi connectivity index (χ3n) is 1.93. The monoisotopic (exact) mass is 225 g/mol. The summed E-state index contributed by atoms with van der Waals surface area (Å²) in [6.07, 6.45) is 0. The average Bonchev–Trinajstić information content (AvgIpc) is 1.98. The molecule has 3 N–H and O–H groups in total. The molecule has 0 aromatic heterocycles. The standard InChI is InChI=1S/C8H15NO4.ClH/c1-4-9-5(6(10)11)8(2,3)7(12)13;/h5,9H,4H2,1-3H3,(H,10,11)(H,12,13);1H/t5-;/m1./s1. The van der Waals surface area contributed by atoms with Crippen LogP contribution in [0, 0.1) is 5.41 Å². The molecule has 0 aliphatic heterocycles.